The third kappa shape index (κ3) is 16.1. The van der Waals surface area contributed by atoms with Crippen molar-refractivity contribution < 1.29 is 8.83 Å². The van der Waals surface area contributed by atoms with Gasteiger partial charge in [-0.25, -0.2) is 0 Å². The molecule has 3 heterocycles. The zero-order valence-corrected chi connectivity index (χ0v) is 80.4. The molecule has 0 aliphatic rings. The van der Waals surface area contributed by atoms with Crippen LogP contribution in [-0.4, -0.2) is 0 Å². The van der Waals surface area contributed by atoms with E-state index in [4.69, 9.17) is 8.83 Å². The van der Waals surface area contributed by atoms with Gasteiger partial charge in [0.15, 0.2) is 0 Å². The van der Waals surface area contributed by atoms with Crippen molar-refractivity contribution in [1.29, 1.82) is 0 Å². The summed E-state index contributed by atoms with van der Waals surface area (Å²) in [7, 11) is 0. The minimum absolute atomic E-state index is 0.877. The Morgan fingerprint density at radius 1 is 0.123 bits per heavy atom. The standard InChI is InChI=1S/C48H31NO.C48H31NS.C44H29NO/c2*1-2-9-32(10-3-1)35-21-26-43-36(29-35)17-18-37-30-39(24-27-44(37)43)49(40-25-28-46-45-14-6-7-16-47(45)50-48(46)31-40)38-22-19-34(20-23-38)42-15-8-12-33-11-4-5-13-41(33)42;1-3-9-30(10-4-1)32-17-20-36(21-18-32)45(38-23-26-42-41-13-7-8-14-43(41)46-44(42)29-38)37-22-25-40-35(28-37)16-15-34-27-33(19-24-39(34)40)31-11-5-2-6-12-31/h2*1-31H;1-29H. The van der Waals surface area contributed by atoms with Crippen LogP contribution in [0.25, 0.3) is 217 Å². The average Bonchev–Trinajstić information content (AvgIpc) is 1.36. The molecular weight excluding hydrogens is 1790 g/mol. The Morgan fingerprint density at radius 3 is 0.753 bits per heavy atom. The topological polar surface area (TPSA) is 36.0 Å². The van der Waals surface area contributed by atoms with Gasteiger partial charge in [0.05, 0.1) is 0 Å². The quantitative estimate of drug-likeness (QED) is 0.0956. The first-order chi connectivity index (χ1) is 72.3. The van der Waals surface area contributed by atoms with E-state index in [1.807, 2.05) is 35.6 Å². The molecule has 0 aliphatic heterocycles. The zero-order valence-electron chi connectivity index (χ0n) is 79.6. The summed E-state index contributed by atoms with van der Waals surface area (Å²) in [4.78, 5) is 7.06. The van der Waals surface area contributed by atoms with Crippen molar-refractivity contribution in [3.05, 3.63) is 552 Å². The predicted octanol–water partition coefficient (Wildman–Crippen LogP) is 40.9. The van der Waals surface area contributed by atoms with Gasteiger partial charge < -0.3 is 23.5 Å². The van der Waals surface area contributed by atoms with E-state index in [1.54, 1.807) is 0 Å². The van der Waals surface area contributed by atoms with Crippen LogP contribution in [0.1, 0.15) is 0 Å². The van der Waals surface area contributed by atoms with E-state index in [9.17, 15) is 0 Å². The van der Waals surface area contributed by atoms with Gasteiger partial charge in [-0.05, 0) is 299 Å². The fourth-order valence-electron chi connectivity index (χ4n) is 21.9. The molecule has 5 nitrogen and oxygen atoms in total. The van der Waals surface area contributed by atoms with Crippen molar-refractivity contribution in [2.75, 3.05) is 14.7 Å². The van der Waals surface area contributed by atoms with Gasteiger partial charge in [0.2, 0.25) is 0 Å². The van der Waals surface area contributed by atoms with E-state index in [1.165, 1.54) is 173 Å². The van der Waals surface area contributed by atoms with E-state index in [-0.39, 0.29) is 0 Å². The number of fused-ring (bicyclic) bond motifs is 20. The fourth-order valence-corrected chi connectivity index (χ4v) is 23.0. The molecule has 0 saturated carbocycles. The normalized spacial score (nSPS) is 11.6. The maximum Gasteiger partial charge on any atom is 0.137 e. The molecule has 0 aliphatic carbocycles. The SMILES string of the molecule is c1ccc(-c2ccc(N(c3ccc4c(ccc5cc(-c6ccccc6)ccc54)c3)c3ccc4c(c3)oc3ccccc34)cc2)cc1.c1ccc(-c2ccc3c(ccc4cc(N(c5ccc(-c6cccc7ccccc67)cc5)c5ccc6c(c5)oc5ccccc56)ccc43)c2)cc1.c1ccc(-c2ccc3c(ccc4cc(N(c5ccc(-c6cccc7ccccc67)cc5)c5ccc6c(c5)sc5ccccc56)ccc43)c2)cc1. The Hall–Kier alpha value is -19.0. The Balaban J connectivity index is 0.000000109. The summed E-state index contributed by atoms with van der Waals surface area (Å²) in [6.07, 6.45) is 0. The molecule has 0 saturated heterocycles. The van der Waals surface area contributed by atoms with Crippen LogP contribution in [0.4, 0.5) is 51.2 Å². The fraction of sp³-hybridized carbons (Fsp3) is 0. The minimum atomic E-state index is 0.877. The van der Waals surface area contributed by atoms with Crippen LogP contribution in [0.15, 0.2) is 561 Å². The lowest BCUT2D eigenvalue weighted by atomic mass is 9.97. The lowest BCUT2D eigenvalue weighted by Crippen LogP contribution is -2.09. The summed E-state index contributed by atoms with van der Waals surface area (Å²) >= 11 is 1.86. The van der Waals surface area contributed by atoms with Crippen molar-refractivity contribution in [1.82, 2.24) is 0 Å². The number of rotatable bonds is 15. The van der Waals surface area contributed by atoms with Gasteiger partial charge in [0, 0.05) is 105 Å². The highest BCUT2D eigenvalue weighted by atomic mass is 32.1. The van der Waals surface area contributed by atoms with Crippen molar-refractivity contribution in [3.8, 4) is 66.8 Å². The Labute approximate surface area is 848 Å². The second-order valence-corrected chi connectivity index (χ2v) is 38.8. The highest BCUT2D eigenvalue weighted by Crippen LogP contribution is 2.49. The van der Waals surface area contributed by atoms with Crippen LogP contribution < -0.4 is 14.7 Å². The minimum Gasteiger partial charge on any atom is -0.456 e. The molecule has 3 aromatic heterocycles. The highest BCUT2D eigenvalue weighted by molar-refractivity contribution is 7.25. The number of hydrogen-bond donors (Lipinski definition) is 0. The highest BCUT2D eigenvalue weighted by Gasteiger charge is 2.24. The number of thiophene rings is 1. The van der Waals surface area contributed by atoms with E-state index >= 15 is 0 Å². The van der Waals surface area contributed by atoms with Gasteiger partial charge in [-0.3, -0.25) is 0 Å². The monoisotopic (exact) mass is 1880 g/mol. The van der Waals surface area contributed by atoms with E-state index < -0.39 is 0 Å². The molecule has 0 radical (unpaired) electrons. The summed E-state index contributed by atoms with van der Waals surface area (Å²) in [6, 6.07) is 199. The first kappa shape index (κ1) is 86.1. The number of benzene rings is 26. The first-order valence-corrected chi connectivity index (χ1v) is 50.7. The third-order valence-corrected chi connectivity index (χ3v) is 30.2. The zero-order chi connectivity index (χ0) is 96.5. The van der Waals surface area contributed by atoms with Crippen LogP contribution in [0.3, 0.4) is 0 Å². The molecule has 0 atom stereocenters. The molecule has 29 aromatic rings. The average molecular weight is 1880 g/mol. The number of para-hydroxylation sites is 2. The molecule has 0 amide bonds. The van der Waals surface area contributed by atoms with E-state index in [0.29, 0.717) is 0 Å². The molecule has 684 valence electrons. The van der Waals surface area contributed by atoms with Gasteiger partial charge in [-0.2, -0.15) is 0 Å². The van der Waals surface area contributed by atoms with E-state index in [2.05, 4.69) is 542 Å². The number of anilines is 9. The summed E-state index contributed by atoms with van der Waals surface area (Å²) in [5.74, 6) is 0. The first-order valence-electron chi connectivity index (χ1n) is 49.8. The second-order valence-electron chi connectivity index (χ2n) is 37.7. The molecule has 26 aromatic carbocycles. The van der Waals surface area contributed by atoms with Crippen molar-refractivity contribution >= 4 is 213 Å². The Morgan fingerprint density at radius 2 is 0.370 bits per heavy atom. The molecule has 0 N–H and O–H groups in total. The summed E-state index contributed by atoms with van der Waals surface area (Å²) in [6.45, 7) is 0. The molecular formula is C140H91N3O2S. The van der Waals surface area contributed by atoms with Crippen LogP contribution in [-0.2, 0) is 0 Å². The lowest BCUT2D eigenvalue weighted by molar-refractivity contribution is 0.668. The Bertz CT molecular complexity index is 9670. The number of hydrogen-bond acceptors (Lipinski definition) is 6. The predicted molar refractivity (Wildman–Crippen MR) is 623 cm³/mol. The van der Waals surface area contributed by atoms with Gasteiger partial charge in [-0.15, -0.1) is 11.3 Å². The van der Waals surface area contributed by atoms with Crippen LogP contribution >= 0.6 is 11.3 Å². The van der Waals surface area contributed by atoms with Gasteiger partial charge in [0.1, 0.15) is 22.3 Å². The van der Waals surface area contributed by atoms with Crippen molar-refractivity contribution in [2.45, 2.75) is 0 Å². The molecule has 0 unspecified atom stereocenters. The number of nitrogens with zero attached hydrogens (tertiary/aromatic N) is 3. The lowest BCUT2D eigenvalue weighted by Gasteiger charge is -2.26. The molecule has 6 heteroatoms. The van der Waals surface area contributed by atoms with Crippen LogP contribution in [0.2, 0.25) is 0 Å². The van der Waals surface area contributed by atoms with Crippen LogP contribution in [0, 0.1) is 0 Å². The molecule has 0 spiro atoms. The summed E-state index contributed by atoms with van der Waals surface area (Å²) in [5, 5.41) is 27.0. The van der Waals surface area contributed by atoms with Gasteiger partial charge in [-0.1, -0.05) is 394 Å². The van der Waals surface area contributed by atoms with Gasteiger partial charge >= 0.3 is 0 Å². The third-order valence-electron chi connectivity index (χ3n) is 29.1. The molecule has 0 bridgehead atoms. The summed E-state index contributed by atoms with van der Waals surface area (Å²) in [5.41, 5.74) is 28.1. The van der Waals surface area contributed by atoms with Crippen molar-refractivity contribution in [2.24, 2.45) is 0 Å². The maximum atomic E-state index is 6.37. The van der Waals surface area contributed by atoms with Crippen LogP contribution in [0.5, 0.6) is 0 Å². The van der Waals surface area contributed by atoms with E-state index in [0.717, 1.165) is 95.1 Å². The summed E-state index contributed by atoms with van der Waals surface area (Å²) < 4.78 is 15.3. The molecule has 146 heavy (non-hydrogen) atoms. The molecule has 0 fully saturated rings. The van der Waals surface area contributed by atoms with Gasteiger partial charge in [0.25, 0.3) is 0 Å². The Kier molecular flexibility index (Phi) is 21.8. The molecule has 29 rings (SSSR count). The van der Waals surface area contributed by atoms with Crippen molar-refractivity contribution in [3.63, 3.8) is 0 Å². The second kappa shape index (κ2) is 36.9. The maximum absolute atomic E-state index is 6.37. The number of furan rings is 2. The smallest absolute Gasteiger partial charge is 0.137 e. The largest absolute Gasteiger partial charge is 0.456 e.